The monoisotopic (exact) mass is 303 g/mol. The number of ether oxygens (including phenoxy) is 1. The molecule has 21 heavy (non-hydrogen) atoms. The molecule has 2 rings (SSSR count). The lowest BCUT2D eigenvalue weighted by Crippen LogP contribution is -2.37. The van der Waals surface area contributed by atoms with Crippen LogP contribution < -0.4 is 5.32 Å². The standard InChI is InChI=1S/C8H10.C5H9NO2.C2H6O.CH4.H2O.H2/c1-7-3-5-8(2)6-4-7;7-4-1-2-5(8)6-3-4;1-3-2;;;/h3-6H,1-2H3;4,7H,1-3H2,(H,6,8);1-2H3;1H4;1H2;1H/t;4-;;;;/m.0..../s1. The molecular formula is C16H33NO4. The number of aliphatic hydroxyl groups excluding tert-OH is 1. The van der Waals surface area contributed by atoms with Crippen molar-refractivity contribution in [2.75, 3.05) is 20.8 Å². The zero-order valence-electron chi connectivity index (χ0n) is 12.8. The van der Waals surface area contributed by atoms with E-state index in [1.54, 1.807) is 14.2 Å². The molecule has 0 radical (unpaired) electrons. The molecule has 5 nitrogen and oxygen atoms in total. The number of piperidine rings is 1. The topological polar surface area (TPSA) is 90.1 Å². The second-order valence-corrected chi connectivity index (χ2v) is 4.56. The molecule has 1 saturated heterocycles. The molecule has 1 amide bonds. The molecule has 1 aliphatic heterocycles. The second kappa shape index (κ2) is 15.0. The zero-order chi connectivity index (χ0) is 14.7. The summed E-state index contributed by atoms with van der Waals surface area (Å²) < 4.78 is 4.25. The van der Waals surface area contributed by atoms with Gasteiger partial charge in [0, 0.05) is 28.6 Å². The van der Waals surface area contributed by atoms with Gasteiger partial charge >= 0.3 is 0 Å². The summed E-state index contributed by atoms with van der Waals surface area (Å²) in [6.07, 6.45) is 0.778. The molecule has 5 heteroatoms. The third kappa shape index (κ3) is 14.8. The molecule has 4 N–H and O–H groups in total. The molecular weight excluding hydrogens is 270 g/mol. The van der Waals surface area contributed by atoms with Gasteiger partial charge in [0.15, 0.2) is 0 Å². The molecule has 0 saturated carbocycles. The number of benzene rings is 1. The Morgan fingerprint density at radius 3 is 1.81 bits per heavy atom. The van der Waals surface area contributed by atoms with Crippen LogP contribution >= 0.6 is 0 Å². The smallest absolute Gasteiger partial charge is 0.220 e. The minimum atomic E-state index is -0.312. The maximum Gasteiger partial charge on any atom is 0.220 e. The van der Waals surface area contributed by atoms with Gasteiger partial charge in [-0.25, -0.2) is 0 Å². The summed E-state index contributed by atoms with van der Waals surface area (Å²) in [6, 6.07) is 8.48. The molecule has 1 fully saturated rings. The fourth-order valence-corrected chi connectivity index (χ4v) is 1.36. The summed E-state index contributed by atoms with van der Waals surface area (Å²) in [7, 11) is 3.25. The van der Waals surface area contributed by atoms with Gasteiger partial charge in [-0.1, -0.05) is 42.8 Å². The first-order valence-electron chi connectivity index (χ1n) is 6.37. The summed E-state index contributed by atoms with van der Waals surface area (Å²) in [5.74, 6) is 0.0512. The molecule has 1 atom stereocenters. The fourth-order valence-electron chi connectivity index (χ4n) is 1.36. The van der Waals surface area contributed by atoms with Crippen LogP contribution in [0.25, 0.3) is 0 Å². The van der Waals surface area contributed by atoms with Gasteiger partial charge in [-0.05, 0) is 20.3 Å². The summed E-state index contributed by atoms with van der Waals surface area (Å²) in [5.41, 5.74) is 2.66. The molecule has 0 bridgehead atoms. The number of aliphatic hydroxyl groups is 1. The largest absolute Gasteiger partial charge is 0.412 e. The van der Waals surface area contributed by atoms with Crippen LogP contribution in [-0.4, -0.2) is 43.4 Å². The molecule has 0 spiro atoms. The lowest BCUT2D eigenvalue weighted by atomic mass is 10.1. The quantitative estimate of drug-likeness (QED) is 0.766. The predicted octanol–water partition coefficient (Wildman–Crippen LogP) is 1.88. The van der Waals surface area contributed by atoms with Crippen LogP contribution in [0.5, 0.6) is 0 Å². The fraction of sp³-hybridized carbons (Fsp3) is 0.562. The summed E-state index contributed by atoms with van der Waals surface area (Å²) in [6.45, 7) is 4.62. The van der Waals surface area contributed by atoms with E-state index in [9.17, 15) is 4.79 Å². The van der Waals surface area contributed by atoms with Gasteiger partial charge in [-0.15, -0.1) is 0 Å². The zero-order valence-corrected chi connectivity index (χ0v) is 12.8. The first-order chi connectivity index (χ1) is 8.99. The van der Waals surface area contributed by atoms with Crippen molar-refractivity contribution in [1.82, 2.24) is 5.32 Å². The van der Waals surface area contributed by atoms with Crippen LogP contribution in [0.3, 0.4) is 0 Å². The van der Waals surface area contributed by atoms with Crippen LogP contribution in [0, 0.1) is 13.8 Å². The number of nitrogens with one attached hydrogen (secondary N) is 1. The SMILES string of the molecule is C.COC.Cc1ccc(C)cc1.O.O=C1CC[C@H](O)CN1.[HH]. The van der Waals surface area contributed by atoms with Gasteiger partial charge in [0.05, 0.1) is 6.10 Å². The van der Waals surface area contributed by atoms with Gasteiger partial charge in [-0.3, -0.25) is 4.79 Å². The molecule has 1 aromatic rings. The third-order valence-electron chi connectivity index (χ3n) is 2.46. The Hall–Kier alpha value is -1.43. The van der Waals surface area contributed by atoms with Gasteiger partial charge in [-0.2, -0.15) is 0 Å². The highest BCUT2D eigenvalue weighted by atomic mass is 16.4. The Morgan fingerprint density at radius 1 is 1.19 bits per heavy atom. The highest BCUT2D eigenvalue weighted by Crippen LogP contribution is 2.00. The minimum absolute atomic E-state index is 0. The van der Waals surface area contributed by atoms with Crippen LogP contribution in [-0.2, 0) is 9.53 Å². The molecule has 126 valence electrons. The lowest BCUT2D eigenvalue weighted by Gasteiger charge is -2.16. The first-order valence-corrected chi connectivity index (χ1v) is 6.37. The molecule has 0 aliphatic carbocycles. The minimum Gasteiger partial charge on any atom is -0.412 e. The summed E-state index contributed by atoms with van der Waals surface area (Å²) >= 11 is 0. The molecule has 1 heterocycles. The Labute approximate surface area is 130 Å². The predicted molar refractivity (Wildman–Crippen MR) is 89.6 cm³/mol. The number of carbonyl (C=O) groups excluding carboxylic acids is 1. The van der Waals surface area contributed by atoms with Crippen molar-refractivity contribution < 1.29 is 21.5 Å². The number of hydrogen-bond acceptors (Lipinski definition) is 3. The highest BCUT2D eigenvalue weighted by molar-refractivity contribution is 5.76. The van der Waals surface area contributed by atoms with E-state index in [2.05, 4.69) is 48.2 Å². The molecule has 1 aromatic carbocycles. The van der Waals surface area contributed by atoms with Crippen LogP contribution in [0.2, 0.25) is 0 Å². The highest BCUT2D eigenvalue weighted by Gasteiger charge is 2.13. The van der Waals surface area contributed by atoms with Gasteiger partial charge in [0.2, 0.25) is 5.91 Å². The average Bonchev–Trinajstić information content (AvgIpc) is 2.38. The van der Waals surface area contributed by atoms with E-state index in [0.717, 1.165) is 0 Å². The number of rotatable bonds is 0. The van der Waals surface area contributed by atoms with Crippen LogP contribution in [0.1, 0.15) is 32.8 Å². The number of carbonyl (C=O) groups is 1. The van der Waals surface area contributed by atoms with Crippen LogP contribution in [0.15, 0.2) is 24.3 Å². The molecule has 0 unspecified atom stereocenters. The average molecular weight is 303 g/mol. The number of amides is 1. The van der Waals surface area contributed by atoms with Crippen molar-refractivity contribution in [2.24, 2.45) is 0 Å². The Kier molecular flexibility index (Phi) is 17.5. The lowest BCUT2D eigenvalue weighted by molar-refractivity contribution is -0.123. The summed E-state index contributed by atoms with van der Waals surface area (Å²) in [5, 5.41) is 11.4. The Balaban J connectivity index is -0.000000112. The van der Waals surface area contributed by atoms with Crippen molar-refractivity contribution in [3.63, 3.8) is 0 Å². The van der Waals surface area contributed by atoms with E-state index in [1.807, 2.05) is 0 Å². The van der Waals surface area contributed by atoms with E-state index in [-0.39, 0.29) is 26.3 Å². The summed E-state index contributed by atoms with van der Waals surface area (Å²) in [4.78, 5) is 10.4. The number of aryl methyl sites for hydroxylation is 2. The number of methoxy groups -OCH3 is 1. The Bertz CT molecular complexity index is 327. The van der Waals surface area contributed by atoms with Crippen molar-refractivity contribution >= 4 is 5.91 Å². The van der Waals surface area contributed by atoms with E-state index < -0.39 is 0 Å². The van der Waals surface area contributed by atoms with Crippen molar-refractivity contribution in [3.05, 3.63) is 35.4 Å². The molecule has 1 aliphatic rings. The van der Waals surface area contributed by atoms with Gasteiger partial charge in [0.25, 0.3) is 0 Å². The van der Waals surface area contributed by atoms with E-state index >= 15 is 0 Å². The normalized spacial score (nSPS) is 15.7. The number of β-amino-alcohol motifs (C(OH)–C–C–N with tert-alkyl or cyclic N) is 1. The van der Waals surface area contributed by atoms with Crippen molar-refractivity contribution in [3.8, 4) is 0 Å². The van der Waals surface area contributed by atoms with Crippen LogP contribution in [0.4, 0.5) is 0 Å². The third-order valence-corrected chi connectivity index (χ3v) is 2.46. The van der Waals surface area contributed by atoms with Gasteiger partial charge < -0.3 is 20.6 Å². The van der Waals surface area contributed by atoms with E-state index in [1.165, 1.54) is 11.1 Å². The maximum atomic E-state index is 10.4. The van der Waals surface area contributed by atoms with Crippen molar-refractivity contribution in [1.29, 1.82) is 0 Å². The molecule has 0 aromatic heterocycles. The van der Waals surface area contributed by atoms with E-state index in [4.69, 9.17) is 5.11 Å². The maximum absolute atomic E-state index is 10.4. The van der Waals surface area contributed by atoms with E-state index in [0.29, 0.717) is 19.4 Å². The van der Waals surface area contributed by atoms with Crippen molar-refractivity contribution in [2.45, 2.75) is 40.2 Å². The number of hydrogen-bond donors (Lipinski definition) is 2. The van der Waals surface area contributed by atoms with Gasteiger partial charge in [0.1, 0.15) is 0 Å². The second-order valence-electron chi connectivity index (χ2n) is 4.56. The Morgan fingerprint density at radius 2 is 1.57 bits per heavy atom. The first kappa shape index (κ1) is 24.6.